The molecular formula is C24H24F4N4O5. The number of likely N-dealkylation sites (tertiary alicyclic amines) is 1. The number of nitrogens with one attached hydrogen (secondary N) is 1. The number of rotatable bonds is 5. The summed E-state index contributed by atoms with van der Waals surface area (Å²) in [6.45, 7) is 1.38. The lowest BCUT2D eigenvalue weighted by Crippen LogP contribution is -2.51. The van der Waals surface area contributed by atoms with E-state index < -0.39 is 17.7 Å². The Hall–Kier alpha value is -4.03. The molecule has 198 valence electrons. The molecule has 2 aromatic rings. The average Bonchev–Trinajstić information content (AvgIpc) is 3.27. The number of carbonyl (C=O) groups excluding carboxylic acids is 2. The Kier molecular flexibility index (Phi) is 8.79. The molecule has 37 heavy (non-hydrogen) atoms. The number of benzene rings is 1. The van der Waals surface area contributed by atoms with Crippen molar-refractivity contribution in [1.82, 2.24) is 15.2 Å². The molecule has 9 nitrogen and oxygen atoms in total. The van der Waals surface area contributed by atoms with Gasteiger partial charge in [0.05, 0.1) is 13.0 Å². The van der Waals surface area contributed by atoms with E-state index in [0.717, 1.165) is 24.0 Å². The first-order valence-electron chi connectivity index (χ1n) is 11.2. The van der Waals surface area contributed by atoms with Gasteiger partial charge in [0.25, 0.3) is 5.91 Å². The number of pyridine rings is 1. The van der Waals surface area contributed by atoms with E-state index in [2.05, 4.69) is 15.5 Å². The van der Waals surface area contributed by atoms with Crippen molar-refractivity contribution in [1.29, 1.82) is 0 Å². The van der Waals surface area contributed by atoms with E-state index in [0.29, 0.717) is 31.8 Å². The number of oxime groups is 1. The van der Waals surface area contributed by atoms with Gasteiger partial charge >= 0.3 is 12.1 Å². The lowest BCUT2D eigenvalue weighted by atomic mass is 9.87. The molecule has 2 aliphatic rings. The van der Waals surface area contributed by atoms with Crippen molar-refractivity contribution in [3.8, 4) is 0 Å². The Morgan fingerprint density at radius 3 is 2.46 bits per heavy atom. The smallest absolute Gasteiger partial charge is 0.475 e. The second-order valence-corrected chi connectivity index (χ2v) is 8.56. The molecule has 2 aliphatic heterocycles. The summed E-state index contributed by atoms with van der Waals surface area (Å²) in [6.07, 6.45) is 0.365. The van der Waals surface area contributed by atoms with Crippen LogP contribution < -0.4 is 5.32 Å². The van der Waals surface area contributed by atoms with Crippen LogP contribution in [0, 0.1) is 5.82 Å². The summed E-state index contributed by atoms with van der Waals surface area (Å²) >= 11 is 0. The number of hydrogen-bond acceptors (Lipinski definition) is 6. The largest absolute Gasteiger partial charge is 0.490 e. The first kappa shape index (κ1) is 27.6. The maximum absolute atomic E-state index is 13.1. The zero-order valence-corrected chi connectivity index (χ0v) is 19.5. The zero-order chi connectivity index (χ0) is 27.1. The highest BCUT2D eigenvalue weighted by Gasteiger charge is 2.45. The SMILES string of the molecule is O=C(NCc1cccnc1)C1=NOC2(CCCN(C(=O)Cc3ccc(F)cc3)C2)C1.O=C(O)C(F)(F)F. The summed E-state index contributed by atoms with van der Waals surface area (Å²) in [6, 6.07) is 9.63. The highest BCUT2D eigenvalue weighted by molar-refractivity contribution is 6.39. The quantitative estimate of drug-likeness (QED) is 0.581. The minimum Gasteiger partial charge on any atom is -0.475 e. The Balaban J connectivity index is 0.000000479. The van der Waals surface area contributed by atoms with Crippen molar-refractivity contribution < 1.29 is 41.9 Å². The van der Waals surface area contributed by atoms with Crippen LogP contribution in [0.2, 0.25) is 0 Å². The van der Waals surface area contributed by atoms with Gasteiger partial charge in [-0.3, -0.25) is 14.6 Å². The monoisotopic (exact) mass is 524 g/mol. The highest BCUT2D eigenvalue weighted by Crippen LogP contribution is 2.33. The van der Waals surface area contributed by atoms with E-state index in [-0.39, 0.29) is 24.1 Å². The number of alkyl halides is 3. The fraction of sp³-hybridized carbons (Fsp3) is 0.375. The maximum Gasteiger partial charge on any atom is 0.490 e. The molecule has 1 aromatic heterocycles. The summed E-state index contributed by atoms with van der Waals surface area (Å²) in [5.74, 6) is -3.40. The Morgan fingerprint density at radius 2 is 1.84 bits per heavy atom. The molecule has 0 bridgehead atoms. The Bertz CT molecular complexity index is 1140. The second kappa shape index (κ2) is 11.8. The van der Waals surface area contributed by atoms with E-state index in [1.165, 1.54) is 12.1 Å². The minimum atomic E-state index is -5.08. The zero-order valence-electron chi connectivity index (χ0n) is 19.5. The molecular weight excluding hydrogens is 500 g/mol. The number of piperidine rings is 1. The van der Waals surface area contributed by atoms with Gasteiger partial charge in [-0.2, -0.15) is 13.2 Å². The topological polar surface area (TPSA) is 121 Å². The molecule has 0 saturated carbocycles. The third kappa shape index (κ3) is 7.98. The Morgan fingerprint density at radius 1 is 1.14 bits per heavy atom. The molecule has 0 radical (unpaired) electrons. The van der Waals surface area contributed by atoms with Crippen LogP contribution in [0.4, 0.5) is 17.6 Å². The van der Waals surface area contributed by atoms with Crippen LogP contribution in [0.1, 0.15) is 30.4 Å². The molecule has 0 aliphatic carbocycles. The van der Waals surface area contributed by atoms with Crippen molar-refractivity contribution in [2.45, 2.75) is 44.0 Å². The molecule has 2 N–H and O–H groups in total. The molecule has 4 rings (SSSR count). The maximum atomic E-state index is 13.1. The van der Waals surface area contributed by atoms with Gasteiger partial charge < -0.3 is 20.2 Å². The number of carboxylic acids is 1. The Labute approximate surface area is 209 Å². The van der Waals surface area contributed by atoms with E-state index in [1.54, 1.807) is 29.4 Å². The summed E-state index contributed by atoms with van der Waals surface area (Å²) in [7, 11) is 0. The lowest BCUT2D eigenvalue weighted by molar-refractivity contribution is -0.192. The summed E-state index contributed by atoms with van der Waals surface area (Å²) in [5, 5.41) is 14.0. The molecule has 1 fully saturated rings. The minimum absolute atomic E-state index is 0.0428. The number of halogens is 4. The van der Waals surface area contributed by atoms with E-state index >= 15 is 0 Å². The number of hydrogen-bond donors (Lipinski definition) is 2. The number of carboxylic acid groups (broad SMARTS) is 1. The van der Waals surface area contributed by atoms with Gasteiger partial charge in [0.1, 0.15) is 11.5 Å². The molecule has 1 atom stereocenters. The molecule has 2 amide bonds. The summed E-state index contributed by atoms with van der Waals surface area (Å²) < 4.78 is 44.8. The molecule has 3 heterocycles. The van der Waals surface area contributed by atoms with Crippen molar-refractivity contribution in [2.75, 3.05) is 13.1 Å². The first-order valence-corrected chi connectivity index (χ1v) is 11.2. The summed E-state index contributed by atoms with van der Waals surface area (Å²) in [5.41, 5.74) is 1.35. The van der Waals surface area contributed by atoms with Crippen LogP contribution in [-0.4, -0.2) is 63.4 Å². The number of amides is 2. The van der Waals surface area contributed by atoms with Crippen LogP contribution in [-0.2, 0) is 32.2 Å². The van der Waals surface area contributed by atoms with Gasteiger partial charge in [0.2, 0.25) is 5.91 Å². The first-order chi connectivity index (χ1) is 17.5. The molecule has 1 aromatic carbocycles. The number of carbonyl (C=O) groups is 3. The molecule has 1 saturated heterocycles. The number of nitrogens with zero attached hydrogens (tertiary/aromatic N) is 3. The molecule has 1 spiro atoms. The van der Waals surface area contributed by atoms with Crippen LogP contribution >= 0.6 is 0 Å². The molecule has 13 heteroatoms. The lowest BCUT2D eigenvalue weighted by Gasteiger charge is -2.38. The fourth-order valence-corrected chi connectivity index (χ4v) is 3.85. The van der Waals surface area contributed by atoms with Gasteiger partial charge in [-0.05, 0) is 42.2 Å². The third-order valence-corrected chi connectivity index (χ3v) is 5.68. The standard InChI is InChI=1S/C22H23FN4O3.C2HF3O2/c23-18-6-4-16(5-7-18)11-20(28)27-10-2-8-22(15-27)12-19(26-30-22)21(29)25-14-17-3-1-9-24-13-17;3-2(4,5)1(6)7/h1,3-7,9,13H,2,8,10-12,14-15H2,(H,25,29);(H,6,7). The molecule has 1 unspecified atom stereocenters. The van der Waals surface area contributed by atoms with Gasteiger partial charge in [-0.25, -0.2) is 9.18 Å². The number of aliphatic carboxylic acids is 1. The van der Waals surface area contributed by atoms with Crippen LogP contribution in [0.3, 0.4) is 0 Å². The van der Waals surface area contributed by atoms with Crippen LogP contribution in [0.15, 0.2) is 53.9 Å². The van der Waals surface area contributed by atoms with Crippen molar-refractivity contribution >= 4 is 23.5 Å². The van der Waals surface area contributed by atoms with Crippen molar-refractivity contribution in [2.24, 2.45) is 5.16 Å². The van der Waals surface area contributed by atoms with Gasteiger partial charge in [0.15, 0.2) is 5.60 Å². The average molecular weight is 524 g/mol. The highest BCUT2D eigenvalue weighted by atomic mass is 19.4. The normalized spacial score (nSPS) is 18.8. The van der Waals surface area contributed by atoms with Crippen LogP contribution in [0.25, 0.3) is 0 Å². The predicted molar refractivity (Wildman–Crippen MR) is 122 cm³/mol. The second-order valence-electron chi connectivity index (χ2n) is 8.56. The van der Waals surface area contributed by atoms with Crippen molar-refractivity contribution in [3.05, 3.63) is 65.7 Å². The predicted octanol–water partition coefficient (Wildman–Crippen LogP) is 2.85. The van der Waals surface area contributed by atoms with Crippen molar-refractivity contribution in [3.63, 3.8) is 0 Å². The van der Waals surface area contributed by atoms with E-state index in [4.69, 9.17) is 14.7 Å². The third-order valence-electron chi connectivity index (χ3n) is 5.68. The van der Waals surface area contributed by atoms with Crippen LogP contribution in [0.5, 0.6) is 0 Å². The summed E-state index contributed by atoms with van der Waals surface area (Å²) in [4.78, 5) is 45.6. The van der Waals surface area contributed by atoms with Gasteiger partial charge in [-0.15, -0.1) is 0 Å². The van der Waals surface area contributed by atoms with Gasteiger partial charge in [-0.1, -0.05) is 23.4 Å². The van der Waals surface area contributed by atoms with E-state index in [1.807, 2.05) is 12.1 Å². The fourth-order valence-electron chi connectivity index (χ4n) is 3.85. The number of aromatic nitrogens is 1. The van der Waals surface area contributed by atoms with Gasteiger partial charge in [0, 0.05) is 31.9 Å². The van der Waals surface area contributed by atoms with E-state index in [9.17, 15) is 27.2 Å².